The summed E-state index contributed by atoms with van der Waals surface area (Å²) in [5.41, 5.74) is -2.57. The minimum atomic E-state index is -2.22. The second kappa shape index (κ2) is 12.9. The number of nitrogens with zero attached hydrogens (tertiary/aromatic N) is 4. The number of carboxylic acid groups (broad SMARTS) is 1. The molecule has 216 valence electrons. The number of amides is 1. The molecular weight excluding hydrogens is 554 g/mol. The lowest BCUT2D eigenvalue weighted by Gasteiger charge is -2.43. The number of carbonyl (C=O) groups is 2. The number of rotatable bonds is 10. The largest absolute Gasteiger partial charge is 0.480 e. The summed E-state index contributed by atoms with van der Waals surface area (Å²) in [5, 5.41) is 29.4. The molecule has 2 rings (SSSR count). The Morgan fingerprint density at radius 3 is 2.46 bits per heavy atom. The van der Waals surface area contributed by atoms with Crippen LogP contribution in [-0.2, 0) is 21.7 Å². The number of ether oxygens (including phenoxy) is 1. The highest BCUT2D eigenvalue weighted by Crippen LogP contribution is 2.33. The molecule has 1 amide bonds. The van der Waals surface area contributed by atoms with E-state index in [1.807, 2.05) is 6.26 Å². The predicted molar refractivity (Wildman–Crippen MR) is 146 cm³/mol. The number of benzene rings is 1. The summed E-state index contributed by atoms with van der Waals surface area (Å²) >= 11 is 6.96. The lowest BCUT2D eigenvalue weighted by Crippen LogP contribution is -2.65. The number of hydrogen-bond donors (Lipinski definition) is 4. The molecule has 3 atom stereocenters. The molecule has 1 aromatic heterocycles. The van der Waals surface area contributed by atoms with Gasteiger partial charge < -0.3 is 20.3 Å². The van der Waals surface area contributed by atoms with Crippen molar-refractivity contribution in [2.75, 3.05) is 12.0 Å². The van der Waals surface area contributed by atoms with Crippen LogP contribution in [0.1, 0.15) is 46.6 Å². The van der Waals surface area contributed by atoms with Crippen molar-refractivity contribution in [3.8, 4) is 0 Å². The van der Waals surface area contributed by atoms with Gasteiger partial charge in [-0.3, -0.25) is 5.01 Å². The molecule has 15 heteroatoms. The summed E-state index contributed by atoms with van der Waals surface area (Å²) < 4.78 is 35.4. The van der Waals surface area contributed by atoms with Crippen molar-refractivity contribution in [1.82, 2.24) is 30.5 Å². The van der Waals surface area contributed by atoms with Gasteiger partial charge in [0.1, 0.15) is 41.0 Å². The molecule has 0 spiro atoms. The van der Waals surface area contributed by atoms with Gasteiger partial charge in [0, 0.05) is 11.6 Å². The number of aromatic nitrogens is 3. The SMILES string of the molecule is CSCCC(C)(NC(=S)N(NC(=O)OC(C)(C)C)[C@H](C)[C@](O)(Cn1cncn1)c1ccc(F)cc1F)C(=O)O. The fraction of sp³-hybridized carbons (Fsp3) is 0.542. The Labute approximate surface area is 235 Å². The van der Waals surface area contributed by atoms with Crippen LogP contribution >= 0.6 is 24.0 Å². The van der Waals surface area contributed by atoms with Gasteiger partial charge in [0.05, 0.1) is 12.6 Å². The second-order valence-corrected chi connectivity index (χ2v) is 11.5. The third-order valence-corrected chi connectivity index (χ3v) is 6.75. The van der Waals surface area contributed by atoms with E-state index in [0.29, 0.717) is 11.8 Å². The zero-order valence-electron chi connectivity index (χ0n) is 22.6. The summed E-state index contributed by atoms with van der Waals surface area (Å²) in [7, 11) is 0. The number of aliphatic hydroxyl groups is 1. The first-order valence-corrected chi connectivity index (χ1v) is 13.7. The van der Waals surface area contributed by atoms with Crippen molar-refractivity contribution in [3.05, 3.63) is 48.1 Å². The molecule has 0 saturated heterocycles. The fourth-order valence-electron chi connectivity index (χ4n) is 3.61. The number of thioether (sulfide) groups is 1. The third-order valence-electron chi connectivity index (χ3n) is 5.84. The average Bonchev–Trinajstić information content (AvgIpc) is 3.32. The maximum Gasteiger partial charge on any atom is 0.426 e. The van der Waals surface area contributed by atoms with Gasteiger partial charge >= 0.3 is 12.1 Å². The van der Waals surface area contributed by atoms with Crippen LogP contribution in [0.2, 0.25) is 0 Å². The van der Waals surface area contributed by atoms with E-state index < -0.39 is 53.0 Å². The highest BCUT2D eigenvalue weighted by atomic mass is 32.2. The van der Waals surface area contributed by atoms with Crippen molar-refractivity contribution in [1.29, 1.82) is 0 Å². The van der Waals surface area contributed by atoms with Crippen molar-refractivity contribution in [2.45, 2.75) is 70.4 Å². The second-order valence-electron chi connectivity index (χ2n) is 10.1. The molecule has 0 bridgehead atoms. The topological polar surface area (TPSA) is 142 Å². The summed E-state index contributed by atoms with van der Waals surface area (Å²) in [6.07, 6.45) is 3.50. The van der Waals surface area contributed by atoms with Gasteiger partial charge in [-0.15, -0.1) is 0 Å². The van der Waals surface area contributed by atoms with Gasteiger partial charge in [0.15, 0.2) is 5.11 Å². The molecule has 1 heterocycles. The molecule has 0 aliphatic rings. The van der Waals surface area contributed by atoms with Crippen LogP contribution in [0.15, 0.2) is 30.9 Å². The van der Waals surface area contributed by atoms with Gasteiger partial charge in [0.25, 0.3) is 0 Å². The standard InChI is InChI=1S/C24H34F2N6O5S2/c1-15(24(36,12-31-14-27-13-28-31)17-8-7-16(25)11-18(17)26)32(30-21(35)37-22(2,3)4)20(38)29-23(5,19(33)34)9-10-39-6/h7-8,11,13-15,36H,9-10,12H2,1-6H3,(H,29,38)(H,30,35)(H,33,34)/t15-,23?,24-/m1/s1. The Balaban J connectivity index is 2.60. The quantitative estimate of drug-likeness (QED) is 0.240. The van der Waals surface area contributed by atoms with Crippen LogP contribution < -0.4 is 10.7 Å². The number of thiocarbonyl (C=S) groups is 1. The average molecular weight is 589 g/mol. The lowest BCUT2D eigenvalue weighted by molar-refractivity contribution is -0.143. The zero-order valence-corrected chi connectivity index (χ0v) is 24.2. The summed E-state index contributed by atoms with van der Waals surface area (Å²) in [5.74, 6) is -2.65. The van der Waals surface area contributed by atoms with Crippen LogP contribution in [0, 0.1) is 11.6 Å². The predicted octanol–water partition coefficient (Wildman–Crippen LogP) is 3.05. The van der Waals surface area contributed by atoms with Gasteiger partial charge in [-0.25, -0.2) is 33.5 Å². The molecule has 0 aliphatic carbocycles. The molecule has 39 heavy (non-hydrogen) atoms. The minimum absolute atomic E-state index is 0.161. The van der Waals surface area contributed by atoms with E-state index in [4.69, 9.17) is 17.0 Å². The van der Waals surface area contributed by atoms with E-state index in [9.17, 15) is 24.2 Å². The molecule has 11 nitrogen and oxygen atoms in total. The van der Waals surface area contributed by atoms with Crippen molar-refractivity contribution >= 4 is 41.2 Å². The van der Waals surface area contributed by atoms with Crippen LogP contribution in [0.3, 0.4) is 0 Å². The molecule has 1 unspecified atom stereocenters. The highest BCUT2D eigenvalue weighted by Gasteiger charge is 2.45. The van der Waals surface area contributed by atoms with Crippen LogP contribution in [0.25, 0.3) is 0 Å². The molecule has 0 fully saturated rings. The van der Waals surface area contributed by atoms with E-state index in [1.165, 1.54) is 42.9 Å². The molecule has 0 aliphatic heterocycles. The Kier molecular flexibility index (Phi) is 10.6. The van der Waals surface area contributed by atoms with Crippen molar-refractivity contribution in [2.24, 2.45) is 0 Å². The number of halogens is 2. The van der Waals surface area contributed by atoms with Gasteiger partial charge in [0.2, 0.25) is 0 Å². The normalized spacial score (nSPS) is 15.4. The highest BCUT2D eigenvalue weighted by molar-refractivity contribution is 7.98. The van der Waals surface area contributed by atoms with Crippen LogP contribution in [0.5, 0.6) is 0 Å². The van der Waals surface area contributed by atoms with E-state index >= 15 is 4.39 Å². The van der Waals surface area contributed by atoms with E-state index in [-0.39, 0.29) is 17.1 Å². The number of hydrazine groups is 1. The molecule has 2 aromatic rings. The van der Waals surface area contributed by atoms with Gasteiger partial charge in [-0.2, -0.15) is 16.9 Å². The molecule has 0 radical (unpaired) electrons. The fourth-order valence-corrected chi connectivity index (χ4v) is 4.65. The van der Waals surface area contributed by atoms with E-state index in [1.54, 1.807) is 20.8 Å². The minimum Gasteiger partial charge on any atom is -0.480 e. The molecular formula is C24H34F2N6O5S2. The monoisotopic (exact) mass is 588 g/mol. The number of carbonyl (C=O) groups excluding carboxylic acids is 1. The summed E-state index contributed by atoms with van der Waals surface area (Å²) in [4.78, 5) is 28.8. The summed E-state index contributed by atoms with van der Waals surface area (Å²) in [6, 6.07) is 1.36. The number of aliphatic carboxylic acids is 1. The Hall–Kier alpha value is -3.04. The first-order valence-electron chi connectivity index (χ1n) is 11.9. The maximum absolute atomic E-state index is 15.1. The van der Waals surface area contributed by atoms with Gasteiger partial charge in [-0.1, -0.05) is 6.07 Å². The molecule has 4 N–H and O–H groups in total. The maximum atomic E-state index is 15.1. The van der Waals surface area contributed by atoms with Crippen molar-refractivity contribution < 1.29 is 33.3 Å². The summed E-state index contributed by atoms with van der Waals surface area (Å²) in [6.45, 7) is 7.36. The van der Waals surface area contributed by atoms with Crippen LogP contribution in [-0.4, -0.2) is 76.4 Å². The van der Waals surface area contributed by atoms with E-state index in [2.05, 4.69) is 20.8 Å². The number of carboxylic acids is 1. The molecule has 0 saturated carbocycles. The molecule has 1 aromatic carbocycles. The van der Waals surface area contributed by atoms with Gasteiger partial charge in [-0.05, 0) is 71.3 Å². The van der Waals surface area contributed by atoms with Crippen molar-refractivity contribution in [3.63, 3.8) is 0 Å². The zero-order chi connectivity index (χ0) is 29.6. The van der Waals surface area contributed by atoms with E-state index in [0.717, 1.165) is 17.1 Å². The number of nitrogens with one attached hydrogen (secondary N) is 2. The first-order chi connectivity index (χ1) is 18.0. The lowest BCUT2D eigenvalue weighted by atomic mass is 9.86. The van der Waals surface area contributed by atoms with Crippen LogP contribution in [0.4, 0.5) is 13.6 Å². The third kappa shape index (κ3) is 8.47. The smallest absolute Gasteiger partial charge is 0.426 e. The Bertz CT molecular complexity index is 1170. The Morgan fingerprint density at radius 1 is 1.28 bits per heavy atom. The number of hydrogen-bond acceptors (Lipinski definition) is 8. The first kappa shape index (κ1) is 32.2. The Morgan fingerprint density at radius 2 is 1.95 bits per heavy atom.